The average Bonchev–Trinajstić information content (AvgIpc) is 2.42. The van der Waals surface area contributed by atoms with Crippen molar-refractivity contribution in [1.82, 2.24) is 0 Å². The number of benzene rings is 2. The van der Waals surface area contributed by atoms with Crippen LogP contribution in [0.15, 0.2) is 46.9 Å². The highest BCUT2D eigenvalue weighted by Crippen LogP contribution is 2.26. The fraction of sp³-hybridized carbons (Fsp3) is 0.0714. The number of nitrogens with one attached hydrogen (secondary N) is 1. The number of carbonyl (C=O) groups excluding carboxylic acids is 1. The first-order chi connectivity index (χ1) is 9.50. The molecular weight excluding hydrogens is 324 g/mol. The molecule has 0 aliphatic heterocycles. The second-order valence-corrected chi connectivity index (χ2v) is 4.96. The number of amides is 1. The number of nitrogens with zero attached hydrogens (tertiary/aromatic N) is 1. The van der Waals surface area contributed by atoms with Crippen molar-refractivity contribution in [3.8, 4) is 0 Å². The van der Waals surface area contributed by atoms with Crippen molar-refractivity contribution in [1.29, 1.82) is 0 Å². The third-order valence-electron chi connectivity index (χ3n) is 2.79. The number of hydrogen-bond donors (Lipinski definition) is 1. The number of rotatable bonds is 3. The summed E-state index contributed by atoms with van der Waals surface area (Å²) in [5, 5.41) is 13.5. The van der Waals surface area contributed by atoms with Crippen molar-refractivity contribution in [2.45, 2.75) is 6.92 Å². The normalized spacial score (nSPS) is 10.1. The molecule has 0 aliphatic carbocycles. The largest absolute Gasteiger partial charge is 0.316 e. The van der Waals surface area contributed by atoms with E-state index in [0.717, 1.165) is 5.56 Å². The number of nitro groups is 1. The van der Waals surface area contributed by atoms with Crippen molar-refractivity contribution < 1.29 is 9.72 Å². The van der Waals surface area contributed by atoms with E-state index in [1.807, 2.05) is 13.0 Å². The van der Waals surface area contributed by atoms with Gasteiger partial charge in [-0.2, -0.15) is 0 Å². The molecule has 102 valence electrons. The van der Waals surface area contributed by atoms with Gasteiger partial charge in [0.2, 0.25) is 0 Å². The molecule has 1 N–H and O–H groups in total. The summed E-state index contributed by atoms with van der Waals surface area (Å²) in [5.41, 5.74) is 1.39. The summed E-state index contributed by atoms with van der Waals surface area (Å²) < 4.78 is 0.677. The first-order valence-corrected chi connectivity index (χ1v) is 6.60. The van der Waals surface area contributed by atoms with Crippen LogP contribution in [0.25, 0.3) is 0 Å². The number of carbonyl (C=O) groups is 1. The van der Waals surface area contributed by atoms with E-state index in [4.69, 9.17) is 0 Å². The third-order valence-corrected chi connectivity index (χ3v) is 3.84. The molecule has 0 spiro atoms. The van der Waals surface area contributed by atoms with Crippen molar-refractivity contribution in [2.75, 3.05) is 5.32 Å². The molecule has 0 radical (unpaired) electrons. The van der Waals surface area contributed by atoms with Gasteiger partial charge in [0.05, 0.1) is 10.5 Å². The fourth-order valence-corrected chi connectivity index (χ4v) is 2.20. The molecule has 2 aromatic rings. The van der Waals surface area contributed by atoms with Crippen LogP contribution in [0.4, 0.5) is 11.4 Å². The van der Waals surface area contributed by atoms with Gasteiger partial charge < -0.3 is 5.32 Å². The van der Waals surface area contributed by atoms with Gasteiger partial charge in [-0.05, 0) is 40.5 Å². The minimum Gasteiger partial charge on any atom is -0.316 e. The van der Waals surface area contributed by atoms with Crippen LogP contribution < -0.4 is 5.32 Å². The summed E-state index contributed by atoms with van der Waals surface area (Å²) >= 11 is 3.35. The maximum atomic E-state index is 12.2. The lowest BCUT2D eigenvalue weighted by molar-refractivity contribution is -0.383. The lowest BCUT2D eigenvalue weighted by atomic mass is 10.1. The van der Waals surface area contributed by atoms with E-state index < -0.39 is 10.8 Å². The molecule has 0 aromatic heterocycles. The van der Waals surface area contributed by atoms with Crippen molar-refractivity contribution in [3.63, 3.8) is 0 Å². The Morgan fingerprint density at radius 2 is 1.90 bits per heavy atom. The molecule has 0 unspecified atom stereocenters. The minimum atomic E-state index is -0.527. The van der Waals surface area contributed by atoms with Crippen molar-refractivity contribution in [3.05, 3.63) is 68.2 Å². The van der Waals surface area contributed by atoms with E-state index in [0.29, 0.717) is 10.0 Å². The van der Waals surface area contributed by atoms with Gasteiger partial charge in [-0.1, -0.05) is 24.3 Å². The Balaban J connectivity index is 2.33. The molecule has 0 fully saturated rings. The molecule has 2 rings (SSSR count). The van der Waals surface area contributed by atoms with Crippen LogP contribution in [-0.2, 0) is 0 Å². The predicted octanol–water partition coefficient (Wildman–Crippen LogP) is 3.92. The molecule has 6 heteroatoms. The van der Waals surface area contributed by atoms with Crippen LogP contribution in [0.5, 0.6) is 0 Å². The van der Waals surface area contributed by atoms with Gasteiger partial charge in [0.15, 0.2) is 0 Å². The topological polar surface area (TPSA) is 72.2 Å². The highest BCUT2D eigenvalue weighted by Gasteiger charge is 2.17. The summed E-state index contributed by atoms with van der Waals surface area (Å²) in [6, 6.07) is 11.3. The standard InChI is InChI=1S/C14H11BrN2O3/c1-9-5-4-6-10(13(9)15)14(18)16-11-7-2-3-8-12(11)17(19)20/h2-8H,1H3,(H,16,18). The van der Waals surface area contributed by atoms with E-state index in [-0.39, 0.29) is 11.4 Å². The quantitative estimate of drug-likeness (QED) is 0.683. The lowest BCUT2D eigenvalue weighted by Crippen LogP contribution is -2.14. The SMILES string of the molecule is Cc1cccc(C(=O)Nc2ccccc2[N+](=O)[O-])c1Br. The molecule has 5 nitrogen and oxygen atoms in total. The highest BCUT2D eigenvalue weighted by molar-refractivity contribution is 9.10. The van der Waals surface area contributed by atoms with Gasteiger partial charge in [0, 0.05) is 10.5 Å². The first-order valence-electron chi connectivity index (χ1n) is 5.80. The lowest BCUT2D eigenvalue weighted by Gasteiger charge is -2.08. The number of nitro benzene ring substituents is 1. The molecule has 1 amide bonds. The molecule has 2 aromatic carbocycles. The van der Waals surface area contributed by atoms with Gasteiger partial charge in [-0.15, -0.1) is 0 Å². The van der Waals surface area contributed by atoms with Crippen LogP contribution >= 0.6 is 15.9 Å². The van der Waals surface area contributed by atoms with Gasteiger partial charge >= 0.3 is 0 Å². The Labute approximate surface area is 123 Å². The summed E-state index contributed by atoms with van der Waals surface area (Å²) in [5.74, 6) is -0.394. The second-order valence-electron chi connectivity index (χ2n) is 4.16. The third kappa shape index (κ3) is 2.85. The zero-order valence-corrected chi connectivity index (χ0v) is 12.2. The average molecular weight is 335 g/mol. The monoisotopic (exact) mass is 334 g/mol. The number of anilines is 1. The van der Waals surface area contributed by atoms with Gasteiger partial charge in [-0.3, -0.25) is 14.9 Å². The van der Waals surface area contributed by atoms with E-state index in [9.17, 15) is 14.9 Å². The maximum absolute atomic E-state index is 12.2. The van der Waals surface area contributed by atoms with Crippen LogP contribution in [-0.4, -0.2) is 10.8 Å². The fourth-order valence-electron chi connectivity index (χ4n) is 1.75. The van der Waals surface area contributed by atoms with E-state index >= 15 is 0 Å². The summed E-state index contributed by atoms with van der Waals surface area (Å²) in [6.45, 7) is 1.87. The zero-order valence-electron chi connectivity index (χ0n) is 10.6. The van der Waals surface area contributed by atoms with Crippen LogP contribution in [0.1, 0.15) is 15.9 Å². The van der Waals surface area contributed by atoms with Crippen LogP contribution in [0.2, 0.25) is 0 Å². The van der Waals surface area contributed by atoms with E-state index in [1.54, 1.807) is 24.3 Å². The number of halogens is 1. The Kier molecular flexibility index (Phi) is 4.14. The Morgan fingerprint density at radius 1 is 1.20 bits per heavy atom. The molecule has 0 saturated carbocycles. The second kappa shape index (κ2) is 5.83. The van der Waals surface area contributed by atoms with Crippen molar-refractivity contribution in [2.24, 2.45) is 0 Å². The summed E-state index contributed by atoms with van der Waals surface area (Å²) in [6.07, 6.45) is 0. The maximum Gasteiger partial charge on any atom is 0.292 e. The Bertz CT molecular complexity index is 686. The molecule has 20 heavy (non-hydrogen) atoms. The van der Waals surface area contributed by atoms with Gasteiger partial charge in [0.25, 0.3) is 11.6 Å². The minimum absolute atomic E-state index is 0.135. The van der Waals surface area contributed by atoms with E-state index in [1.165, 1.54) is 12.1 Å². The highest BCUT2D eigenvalue weighted by atomic mass is 79.9. The Hall–Kier alpha value is -2.21. The van der Waals surface area contributed by atoms with Gasteiger partial charge in [0.1, 0.15) is 5.69 Å². The first kappa shape index (κ1) is 14.2. The number of aryl methyl sites for hydroxylation is 1. The van der Waals surface area contributed by atoms with Crippen LogP contribution in [0.3, 0.4) is 0 Å². The summed E-state index contributed by atoms with van der Waals surface area (Å²) in [7, 11) is 0. The van der Waals surface area contributed by atoms with E-state index in [2.05, 4.69) is 21.2 Å². The molecular formula is C14H11BrN2O3. The smallest absolute Gasteiger partial charge is 0.292 e. The Morgan fingerprint density at radius 3 is 2.60 bits per heavy atom. The van der Waals surface area contributed by atoms with Gasteiger partial charge in [-0.25, -0.2) is 0 Å². The zero-order chi connectivity index (χ0) is 14.7. The number of hydrogen-bond acceptors (Lipinski definition) is 3. The number of para-hydroxylation sites is 2. The molecule has 0 atom stereocenters. The molecule has 0 bridgehead atoms. The molecule has 0 saturated heterocycles. The summed E-state index contributed by atoms with van der Waals surface area (Å²) in [4.78, 5) is 22.6. The molecule has 0 aliphatic rings. The molecule has 0 heterocycles. The van der Waals surface area contributed by atoms with Crippen molar-refractivity contribution >= 4 is 33.2 Å². The van der Waals surface area contributed by atoms with Crippen LogP contribution in [0, 0.1) is 17.0 Å². The predicted molar refractivity (Wildman–Crippen MR) is 79.9 cm³/mol.